The van der Waals surface area contributed by atoms with Crippen molar-refractivity contribution < 1.29 is 19.4 Å². The van der Waals surface area contributed by atoms with Gasteiger partial charge in [-0.3, -0.25) is 4.79 Å². The molecule has 1 heterocycles. The third kappa shape index (κ3) is 3.04. The quantitative estimate of drug-likeness (QED) is 0.908. The van der Waals surface area contributed by atoms with Gasteiger partial charge in [0.2, 0.25) is 0 Å². The highest BCUT2D eigenvalue weighted by molar-refractivity contribution is 6.03. The van der Waals surface area contributed by atoms with Gasteiger partial charge in [-0.05, 0) is 43.9 Å². The summed E-state index contributed by atoms with van der Waals surface area (Å²) in [5.41, 5.74) is 0.437. The third-order valence-corrected chi connectivity index (χ3v) is 3.84. The number of anilines is 1. The molecule has 2 rings (SSSR count). The number of hydrogen-bond donors (Lipinski definition) is 1. The lowest BCUT2D eigenvalue weighted by Crippen LogP contribution is -2.53. The standard InChI is InChI=1S/C17H25NO4/c1-11(2)6-7-18-13-8-12(10-19)9-14(21-5)15(13)22-17(3,4)16(18)20/h8-9,11,19H,6-7,10H2,1-5H3. The zero-order chi connectivity index (χ0) is 16.5. The molecule has 1 aliphatic heterocycles. The topological polar surface area (TPSA) is 59.0 Å². The fourth-order valence-corrected chi connectivity index (χ4v) is 2.53. The Morgan fingerprint density at radius 2 is 2.05 bits per heavy atom. The van der Waals surface area contributed by atoms with Gasteiger partial charge in [0, 0.05) is 6.54 Å². The van der Waals surface area contributed by atoms with E-state index in [1.807, 2.05) is 0 Å². The zero-order valence-electron chi connectivity index (χ0n) is 14.0. The fraction of sp³-hybridized carbons (Fsp3) is 0.588. The second kappa shape index (κ2) is 6.16. The molecule has 0 atom stereocenters. The molecular formula is C17H25NO4. The van der Waals surface area contributed by atoms with E-state index < -0.39 is 5.60 Å². The number of nitrogens with zero attached hydrogens (tertiary/aromatic N) is 1. The highest BCUT2D eigenvalue weighted by atomic mass is 16.5. The summed E-state index contributed by atoms with van der Waals surface area (Å²) >= 11 is 0. The molecule has 5 nitrogen and oxygen atoms in total. The molecule has 1 aliphatic rings. The number of hydrogen-bond acceptors (Lipinski definition) is 4. The Morgan fingerprint density at radius 3 is 2.59 bits per heavy atom. The fourth-order valence-electron chi connectivity index (χ4n) is 2.53. The Kier molecular flexibility index (Phi) is 4.66. The molecule has 1 aromatic rings. The molecule has 1 amide bonds. The minimum absolute atomic E-state index is 0.0715. The maximum absolute atomic E-state index is 12.7. The number of carbonyl (C=O) groups is 1. The Morgan fingerprint density at radius 1 is 1.36 bits per heavy atom. The van der Waals surface area contributed by atoms with Crippen LogP contribution < -0.4 is 14.4 Å². The average Bonchev–Trinajstić information content (AvgIpc) is 2.46. The number of methoxy groups -OCH3 is 1. The summed E-state index contributed by atoms with van der Waals surface area (Å²) in [7, 11) is 1.56. The molecule has 0 fully saturated rings. The molecule has 0 aromatic heterocycles. The van der Waals surface area contributed by atoms with E-state index in [0.717, 1.165) is 6.42 Å². The van der Waals surface area contributed by atoms with Crippen LogP contribution in [-0.4, -0.2) is 30.3 Å². The molecule has 0 unspecified atom stereocenters. The lowest BCUT2D eigenvalue weighted by molar-refractivity contribution is -0.132. The van der Waals surface area contributed by atoms with Gasteiger partial charge >= 0.3 is 0 Å². The number of aliphatic hydroxyl groups excluding tert-OH is 1. The minimum Gasteiger partial charge on any atom is -0.493 e. The van der Waals surface area contributed by atoms with E-state index in [9.17, 15) is 9.90 Å². The van der Waals surface area contributed by atoms with Gasteiger partial charge in [0.15, 0.2) is 17.1 Å². The van der Waals surface area contributed by atoms with Gasteiger partial charge in [0.1, 0.15) is 0 Å². The molecule has 0 saturated heterocycles. The molecule has 0 bridgehead atoms. The summed E-state index contributed by atoms with van der Waals surface area (Å²) in [4.78, 5) is 14.5. The predicted molar refractivity (Wildman–Crippen MR) is 85.4 cm³/mol. The van der Waals surface area contributed by atoms with Gasteiger partial charge in [-0.25, -0.2) is 0 Å². The van der Waals surface area contributed by atoms with Crippen molar-refractivity contribution in [1.82, 2.24) is 0 Å². The van der Waals surface area contributed by atoms with Gasteiger partial charge in [0.05, 0.1) is 19.4 Å². The number of carbonyl (C=O) groups excluding carboxylic acids is 1. The number of aliphatic hydroxyl groups is 1. The zero-order valence-corrected chi connectivity index (χ0v) is 14.0. The van der Waals surface area contributed by atoms with Crippen molar-refractivity contribution in [2.24, 2.45) is 5.92 Å². The Labute approximate surface area is 131 Å². The first-order valence-corrected chi connectivity index (χ1v) is 7.63. The molecule has 0 spiro atoms. The van der Waals surface area contributed by atoms with Crippen LogP contribution in [0.2, 0.25) is 0 Å². The number of fused-ring (bicyclic) bond motifs is 1. The largest absolute Gasteiger partial charge is 0.493 e. The summed E-state index contributed by atoms with van der Waals surface area (Å²) in [5.74, 6) is 1.52. The van der Waals surface area contributed by atoms with Crippen molar-refractivity contribution in [2.45, 2.75) is 46.3 Å². The molecular weight excluding hydrogens is 282 g/mol. The van der Waals surface area contributed by atoms with Crippen LogP contribution in [0.4, 0.5) is 5.69 Å². The average molecular weight is 307 g/mol. The van der Waals surface area contributed by atoms with Crippen LogP contribution in [0.5, 0.6) is 11.5 Å². The first-order valence-electron chi connectivity index (χ1n) is 7.63. The van der Waals surface area contributed by atoms with Gasteiger partial charge in [-0.2, -0.15) is 0 Å². The van der Waals surface area contributed by atoms with E-state index >= 15 is 0 Å². The number of ether oxygens (including phenoxy) is 2. The summed E-state index contributed by atoms with van der Waals surface area (Å²) < 4.78 is 11.3. The molecule has 1 N–H and O–H groups in total. The van der Waals surface area contributed by atoms with E-state index in [-0.39, 0.29) is 12.5 Å². The lowest BCUT2D eigenvalue weighted by atomic mass is 10.0. The van der Waals surface area contributed by atoms with Gasteiger partial charge < -0.3 is 19.5 Å². The lowest BCUT2D eigenvalue weighted by Gasteiger charge is -2.39. The summed E-state index contributed by atoms with van der Waals surface area (Å²) in [6.07, 6.45) is 0.896. The number of benzene rings is 1. The smallest absolute Gasteiger partial charge is 0.270 e. The highest BCUT2D eigenvalue weighted by Gasteiger charge is 2.42. The van der Waals surface area contributed by atoms with Crippen molar-refractivity contribution in [1.29, 1.82) is 0 Å². The van der Waals surface area contributed by atoms with Crippen LogP contribution in [0.15, 0.2) is 12.1 Å². The monoisotopic (exact) mass is 307 g/mol. The maximum atomic E-state index is 12.7. The van der Waals surface area contributed by atoms with E-state index in [1.54, 1.807) is 38.0 Å². The van der Waals surface area contributed by atoms with Gasteiger partial charge in [-0.1, -0.05) is 13.8 Å². The molecule has 0 aliphatic carbocycles. The SMILES string of the molecule is COc1cc(CO)cc2c1OC(C)(C)C(=O)N2CCC(C)C. The maximum Gasteiger partial charge on any atom is 0.270 e. The van der Waals surface area contributed by atoms with Crippen LogP contribution in [0.25, 0.3) is 0 Å². The highest BCUT2D eigenvalue weighted by Crippen LogP contribution is 2.45. The van der Waals surface area contributed by atoms with Crippen LogP contribution in [0.1, 0.15) is 39.7 Å². The molecule has 5 heteroatoms. The Bertz CT molecular complexity index is 566. The Hall–Kier alpha value is -1.75. The number of rotatable bonds is 5. The summed E-state index contributed by atoms with van der Waals surface area (Å²) in [6, 6.07) is 3.54. The van der Waals surface area contributed by atoms with Crippen molar-refractivity contribution >= 4 is 11.6 Å². The summed E-state index contributed by atoms with van der Waals surface area (Å²) in [5, 5.41) is 9.43. The molecule has 122 valence electrons. The Balaban J connectivity index is 2.53. The van der Waals surface area contributed by atoms with Gasteiger partial charge in [-0.15, -0.1) is 0 Å². The molecule has 1 aromatic carbocycles. The summed E-state index contributed by atoms with van der Waals surface area (Å²) in [6.45, 7) is 8.29. The first-order chi connectivity index (χ1) is 10.3. The van der Waals surface area contributed by atoms with E-state index in [2.05, 4.69) is 13.8 Å². The predicted octanol–water partition coefficient (Wildman–Crippen LogP) is 2.74. The molecule has 0 radical (unpaired) electrons. The van der Waals surface area contributed by atoms with Crippen LogP contribution in [0, 0.1) is 5.92 Å². The minimum atomic E-state index is -0.933. The van der Waals surface area contributed by atoms with Crippen LogP contribution >= 0.6 is 0 Å². The van der Waals surface area contributed by atoms with Crippen molar-refractivity contribution in [3.8, 4) is 11.5 Å². The van der Waals surface area contributed by atoms with E-state index in [4.69, 9.17) is 9.47 Å². The van der Waals surface area contributed by atoms with Gasteiger partial charge in [0.25, 0.3) is 5.91 Å². The molecule has 0 saturated carbocycles. The van der Waals surface area contributed by atoms with Crippen molar-refractivity contribution in [3.05, 3.63) is 17.7 Å². The second-order valence-corrected chi connectivity index (χ2v) is 6.56. The van der Waals surface area contributed by atoms with E-state index in [0.29, 0.717) is 35.2 Å². The third-order valence-electron chi connectivity index (χ3n) is 3.84. The van der Waals surface area contributed by atoms with Crippen molar-refractivity contribution in [2.75, 3.05) is 18.6 Å². The van der Waals surface area contributed by atoms with E-state index in [1.165, 1.54) is 0 Å². The van der Waals surface area contributed by atoms with Crippen molar-refractivity contribution in [3.63, 3.8) is 0 Å². The first kappa shape index (κ1) is 16.6. The normalized spacial score (nSPS) is 16.5. The molecule has 22 heavy (non-hydrogen) atoms. The van der Waals surface area contributed by atoms with Crippen LogP contribution in [-0.2, 0) is 11.4 Å². The second-order valence-electron chi connectivity index (χ2n) is 6.56. The number of amides is 1. The van der Waals surface area contributed by atoms with Crippen LogP contribution in [0.3, 0.4) is 0 Å².